The average Bonchev–Trinajstić information content (AvgIpc) is 1.85. The molecule has 0 spiro atoms. The molecule has 1 saturated carbocycles. The van der Waals surface area contributed by atoms with Gasteiger partial charge < -0.3 is 10.2 Å². The van der Waals surface area contributed by atoms with Gasteiger partial charge in [0.1, 0.15) is 0 Å². The number of alkyl halides is 3. The van der Waals surface area contributed by atoms with Crippen molar-refractivity contribution in [3.05, 3.63) is 0 Å². The highest BCUT2D eigenvalue weighted by Crippen LogP contribution is 2.51. The van der Waals surface area contributed by atoms with Crippen molar-refractivity contribution in [2.45, 2.75) is 19.0 Å². The van der Waals surface area contributed by atoms with Crippen LogP contribution in [-0.2, 0) is 0 Å². The van der Waals surface area contributed by atoms with Crippen molar-refractivity contribution in [2.24, 2.45) is 11.3 Å². The molecule has 5 heteroatoms. The summed E-state index contributed by atoms with van der Waals surface area (Å²) in [6, 6.07) is 0. The van der Waals surface area contributed by atoms with Crippen molar-refractivity contribution in [1.82, 2.24) is 0 Å². The standard InChI is InChI=1S/C7H11F3O2/c8-7(9,10)5-1-6(2-5,3-11)4-12/h5,11-12H,1-4H2. The third-order valence-corrected chi connectivity index (χ3v) is 2.49. The maximum atomic E-state index is 12.0. The van der Waals surface area contributed by atoms with Crippen molar-refractivity contribution in [1.29, 1.82) is 0 Å². The van der Waals surface area contributed by atoms with Gasteiger partial charge in [-0.1, -0.05) is 0 Å². The van der Waals surface area contributed by atoms with Crippen LogP contribution in [0.5, 0.6) is 0 Å². The van der Waals surface area contributed by atoms with Crippen LogP contribution < -0.4 is 0 Å². The minimum absolute atomic E-state index is 0.149. The molecule has 12 heavy (non-hydrogen) atoms. The number of hydrogen-bond acceptors (Lipinski definition) is 2. The van der Waals surface area contributed by atoms with E-state index in [1.165, 1.54) is 0 Å². The van der Waals surface area contributed by atoms with Crippen LogP contribution in [-0.4, -0.2) is 29.6 Å². The first-order valence-corrected chi connectivity index (χ1v) is 3.72. The summed E-state index contributed by atoms with van der Waals surface area (Å²) in [4.78, 5) is 0. The van der Waals surface area contributed by atoms with Crippen LogP contribution in [0, 0.1) is 11.3 Å². The topological polar surface area (TPSA) is 40.5 Å². The second-order valence-electron chi connectivity index (χ2n) is 3.46. The lowest BCUT2D eigenvalue weighted by Gasteiger charge is -2.45. The Morgan fingerprint density at radius 1 is 1.17 bits per heavy atom. The lowest BCUT2D eigenvalue weighted by molar-refractivity contribution is -0.231. The molecule has 1 aliphatic rings. The van der Waals surface area contributed by atoms with Gasteiger partial charge in [-0.25, -0.2) is 0 Å². The summed E-state index contributed by atoms with van der Waals surface area (Å²) in [6.45, 7) is -0.730. The Bertz CT molecular complexity index is 155. The number of rotatable bonds is 2. The first kappa shape index (κ1) is 9.80. The Morgan fingerprint density at radius 2 is 1.58 bits per heavy atom. The summed E-state index contributed by atoms with van der Waals surface area (Å²) in [5, 5.41) is 17.4. The Labute approximate surface area is 68.0 Å². The molecule has 0 aromatic heterocycles. The van der Waals surface area contributed by atoms with Gasteiger partial charge in [-0.15, -0.1) is 0 Å². The molecule has 2 nitrogen and oxygen atoms in total. The van der Waals surface area contributed by atoms with Gasteiger partial charge in [0.25, 0.3) is 0 Å². The van der Waals surface area contributed by atoms with E-state index in [4.69, 9.17) is 10.2 Å². The van der Waals surface area contributed by atoms with Gasteiger partial charge in [0.2, 0.25) is 0 Å². The number of aliphatic hydroxyl groups is 2. The first-order valence-electron chi connectivity index (χ1n) is 3.72. The zero-order valence-corrected chi connectivity index (χ0v) is 6.43. The van der Waals surface area contributed by atoms with Gasteiger partial charge in [0.15, 0.2) is 0 Å². The Kier molecular flexibility index (Phi) is 2.35. The molecule has 2 N–H and O–H groups in total. The van der Waals surface area contributed by atoms with Crippen molar-refractivity contribution in [2.75, 3.05) is 13.2 Å². The maximum Gasteiger partial charge on any atom is 0.391 e. The summed E-state index contributed by atoms with van der Waals surface area (Å²) < 4.78 is 35.9. The van der Waals surface area contributed by atoms with E-state index in [2.05, 4.69) is 0 Å². The lowest BCUT2D eigenvalue weighted by atomic mass is 9.62. The quantitative estimate of drug-likeness (QED) is 0.670. The SMILES string of the molecule is OCC1(CO)CC(C(F)(F)F)C1. The second kappa shape index (κ2) is 2.88. The highest BCUT2D eigenvalue weighted by molar-refractivity contribution is 4.95. The van der Waals surface area contributed by atoms with E-state index < -0.39 is 17.5 Å². The normalized spacial score (nSPS) is 23.8. The van der Waals surface area contributed by atoms with Gasteiger partial charge >= 0.3 is 6.18 Å². The average molecular weight is 184 g/mol. The fourth-order valence-electron chi connectivity index (χ4n) is 1.53. The third kappa shape index (κ3) is 1.56. The van der Waals surface area contributed by atoms with Gasteiger partial charge in [0, 0.05) is 5.41 Å². The summed E-state index contributed by atoms with van der Waals surface area (Å²) in [5.74, 6) is -1.34. The summed E-state index contributed by atoms with van der Waals surface area (Å²) in [6.07, 6.45) is -4.47. The molecule has 0 aromatic carbocycles. The van der Waals surface area contributed by atoms with Crippen molar-refractivity contribution in [3.63, 3.8) is 0 Å². The zero-order valence-electron chi connectivity index (χ0n) is 6.43. The molecule has 0 aromatic rings. The van der Waals surface area contributed by atoms with Gasteiger partial charge in [-0.2, -0.15) is 13.2 Å². The van der Waals surface area contributed by atoms with Gasteiger partial charge in [0.05, 0.1) is 19.1 Å². The van der Waals surface area contributed by atoms with Gasteiger partial charge in [-0.05, 0) is 12.8 Å². The smallest absolute Gasteiger partial charge is 0.391 e. The summed E-state index contributed by atoms with van der Waals surface area (Å²) >= 11 is 0. The van der Waals surface area contributed by atoms with E-state index >= 15 is 0 Å². The molecular weight excluding hydrogens is 173 g/mol. The zero-order chi connectivity index (χ0) is 9.41. The molecule has 0 atom stereocenters. The first-order chi connectivity index (χ1) is 5.43. The molecule has 72 valence electrons. The van der Waals surface area contributed by atoms with E-state index in [1.807, 2.05) is 0 Å². The highest BCUT2D eigenvalue weighted by atomic mass is 19.4. The Balaban J connectivity index is 2.45. The van der Waals surface area contributed by atoms with Crippen LogP contribution in [0.2, 0.25) is 0 Å². The van der Waals surface area contributed by atoms with Crippen LogP contribution in [0.3, 0.4) is 0 Å². The van der Waals surface area contributed by atoms with Crippen LogP contribution in [0.25, 0.3) is 0 Å². The summed E-state index contributed by atoms with van der Waals surface area (Å²) in [7, 11) is 0. The predicted octanol–water partition coefficient (Wildman–Crippen LogP) is 0.930. The monoisotopic (exact) mass is 184 g/mol. The lowest BCUT2D eigenvalue weighted by Crippen LogP contribution is -2.48. The fourth-order valence-corrected chi connectivity index (χ4v) is 1.53. The second-order valence-corrected chi connectivity index (χ2v) is 3.46. The minimum atomic E-state index is -4.17. The van der Waals surface area contributed by atoms with Crippen LogP contribution >= 0.6 is 0 Å². The fraction of sp³-hybridized carbons (Fsp3) is 1.00. The molecule has 0 bridgehead atoms. The van der Waals surface area contributed by atoms with E-state index in [0.717, 1.165) is 0 Å². The minimum Gasteiger partial charge on any atom is -0.396 e. The van der Waals surface area contributed by atoms with Crippen molar-refractivity contribution >= 4 is 0 Å². The maximum absolute atomic E-state index is 12.0. The molecule has 1 fully saturated rings. The van der Waals surface area contributed by atoms with E-state index in [9.17, 15) is 13.2 Å². The number of aliphatic hydroxyl groups excluding tert-OH is 2. The molecule has 0 aliphatic heterocycles. The molecule has 0 amide bonds. The molecule has 0 saturated heterocycles. The summed E-state index contributed by atoms with van der Waals surface area (Å²) in [5.41, 5.74) is -0.875. The molecule has 0 radical (unpaired) electrons. The van der Waals surface area contributed by atoms with Crippen LogP contribution in [0.15, 0.2) is 0 Å². The van der Waals surface area contributed by atoms with Crippen molar-refractivity contribution in [3.8, 4) is 0 Å². The van der Waals surface area contributed by atoms with E-state index in [1.54, 1.807) is 0 Å². The molecule has 1 aliphatic carbocycles. The molecule has 0 heterocycles. The van der Waals surface area contributed by atoms with Crippen molar-refractivity contribution < 1.29 is 23.4 Å². The van der Waals surface area contributed by atoms with Crippen LogP contribution in [0.4, 0.5) is 13.2 Å². The third-order valence-electron chi connectivity index (χ3n) is 2.49. The Hall–Kier alpha value is -0.290. The largest absolute Gasteiger partial charge is 0.396 e. The van der Waals surface area contributed by atoms with E-state index in [0.29, 0.717) is 0 Å². The Morgan fingerprint density at radius 3 is 1.83 bits per heavy atom. The molecular formula is C7H11F3O2. The molecule has 1 rings (SSSR count). The predicted molar refractivity (Wildman–Crippen MR) is 35.4 cm³/mol. The molecule has 0 unspecified atom stereocenters. The van der Waals surface area contributed by atoms with Crippen LogP contribution in [0.1, 0.15) is 12.8 Å². The number of hydrogen-bond donors (Lipinski definition) is 2. The number of halogens is 3. The van der Waals surface area contributed by atoms with Gasteiger partial charge in [-0.3, -0.25) is 0 Å². The van der Waals surface area contributed by atoms with E-state index in [-0.39, 0.29) is 26.1 Å². The highest BCUT2D eigenvalue weighted by Gasteiger charge is 2.55.